The Bertz CT molecular complexity index is 434. The molecule has 0 aliphatic carbocycles. The number of rotatable bonds is 3. The fraction of sp³-hybridized carbons (Fsp3) is 0.250. The van der Waals surface area contributed by atoms with Crippen LogP contribution in [0.15, 0.2) is 29.2 Å². The van der Waals surface area contributed by atoms with Gasteiger partial charge in [-0.1, -0.05) is 6.07 Å². The number of non-ortho nitro benzene ring substituents is 1. The molecule has 0 amide bonds. The number of halogens is 5. The number of hydrogen-bond donors (Lipinski definition) is 0. The Morgan fingerprint density at radius 2 is 1.76 bits per heavy atom. The van der Waals surface area contributed by atoms with Crippen molar-refractivity contribution in [2.45, 2.75) is 16.3 Å². The third kappa shape index (κ3) is 3.29. The maximum atomic E-state index is 12.6. The predicted molar refractivity (Wildman–Crippen MR) is 50.0 cm³/mol. The Kier molecular flexibility index (Phi) is 3.60. The predicted octanol–water partition coefficient (Wildman–Crippen LogP) is 3.84. The SMILES string of the molecule is O=[N+]([O-])c1cccc(SC(F)(F)C(F)(F)F)c1. The third-order valence-electron chi connectivity index (χ3n) is 1.60. The van der Waals surface area contributed by atoms with Crippen molar-refractivity contribution >= 4 is 17.4 Å². The van der Waals surface area contributed by atoms with E-state index in [0.29, 0.717) is 6.07 Å². The van der Waals surface area contributed by atoms with Crippen molar-refractivity contribution in [2.24, 2.45) is 0 Å². The summed E-state index contributed by atoms with van der Waals surface area (Å²) >= 11 is -0.778. The highest BCUT2D eigenvalue weighted by Gasteiger charge is 2.58. The lowest BCUT2D eigenvalue weighted by molar-refractivity contribution is -0.385. The maximum absolute atomic E-state index is 12.6. The Balaban J connectivity index is 2.96. The van der Waals surface area contributed by atoms with E-state index in [4.69, 9.17) is 0 Å². The molecule has 0 radical (unpaired) electrons. The molecule has 0 saturated heterocycles. The first-order valence-electron chi connectivity index (χ1n) is 4.01. The molecule has 3 nitrogen and oxygen atoms in total. The molecule has 0 saturated carbocycles. The van der Waals surface area contributed by atoms with Crippen LogP contribution in [-0.2, 0) is 0 Å². The molecule has 0 fully saturated rings. The number of thioether (sulfide) groups is 1. The van der Waals surface area contributed by atoms with Gasteiger partial charge >= 0.3 is 11.4 Å². The summed E-state index contributed by atoms with van der Waals surface area (Å²) in [7, 11) is 0. The van der Waals surface area contributed by atoms with E-state index < -0.39 is 38.7 Å². The van der Waals surface area contributed by atoms with Crippen LogP contribution in [0.2, 0.25) is 0 Å². The number of benzene rings is 1. The normalized spacial score (nSPS) is 12.5. The van der Waals surface area contributed by atoms with Gasteiger partial charge in [-0.2, -0.15) is 22.0 Å². The minimum Gasteiger partial charge on any atom is -0.258 e. The molecule has 0 heterocycles. The van der Waals surface area contributed by atoms with Gasteiger partial charge < -0.3 is 0 Å². The number of nitro groups is 1. The number of nitrogens with zero attached hydrogens (tertiary/aromatic N) is 1. The molecule has 1 aromatic rings. The van der Waals surface area contributed by atoms with Gasteiger partial charge in [0.1, 0.15) is 0 Å². The van der Waals surface area contributed by atoms with Crippen molar-refractivity contribution in [3.63, 3.8) is 0 Å². The second-order valence-corrected chi connectivity index (χ2v) is 4.06. The first-order valence-corrected chi connectivity index (χ1v) is 4.83. The van der Waals surface area contributed by atoms with E-state index in [9.17, 15) is 32.1 Å². The summed E-state index contributed by atoms with van der Waals surface area (Å²) in [4.78, 5) is 8.90. The molecule has 0 spiro atoms. The van der Waals surface area contributed by atoms with E-state index >= 15 is 0 Å². The molecular formula is C8H4F5NO2S. The molecule has 17 heavy (non-hydrogen) atoms. The highest BCUT2D eigenvalue weighted by Crippen LogP contribution is 2.47. The fourth-order valence-corrected chi connectivity index (χ4v) is 1.60. The Hall–Kier alpha value is -1.38. The van der Waals surface area contributed by atoms with Crippen molar-refractivity contribution in [3.8, 4) is 0 Å². The van der Waals surface area contributed by atoms with Crippen molar-refractivity contribution in [2.75, 3.05) is 0 Å². The Morgan fingerprint density at radius 3 is 2.24 bits per heavy atom. The molecule has 9 heteroatoms. The fourth-order valence-electron chi connectivity index (χ4n) is 0.866. The summed E-state index contributed by atoms with van der Waals surface area (Å²) in [5, 5.41) is 5.32. The Labute approximate surface area is 95.8 Å². The highest BCUT2D eigenvalue weighted by molar-refractivity contribution is 8.00. The van der Waals surface area contributed by atoms with Crippen LogP contribution in [0.3, 0.4) is 0 Å². The summed E-state index contributed by atoms with van der Waals surface area (Å²) in [6.45, 7) is 0. The van der Waals surface area contributed by atoms with Gasteiger partial charge in [-0.25, -0.2) is 0 Å². The summed E-state index contributed by atoms with van der Waals surface area (Å²) in [5.74, 6) is 0. The standard InChI is InChI=1S/C8H4F5NO2S/c9-7(10,11)8(12,13)17-6-3-1-2-5(4-6)14(15)16/h1-4H. The highest BCUT2D eigenvalue weighted by atomic mass is 32.2. The lowest BCUT2D eigenvalue weighted by Crippen LogP contribution is -2.32. The largest absolute Gasteiger partial charge is 0.464 e. The smallest absolute Gasteiger partial charge is 0.258 e. The minimum absolute atomic E-state index is 0.526. The van der Waals surface area contributed by atoms with Crippen LogP contribution in [0.1, 0.15) is 0 Å². The van der Waals surface area contributed by atoms with Crippen molar-refractivity contribution in [1.82, 2.24) is 0 Å². The van der Waals surface area contributed by atoms with Crippen molar-refractivity contribution in [1.29, 1.82) is 0 Å². The van der Waals surface area contributed by atoms with Gasteiger partial charge in [-0.15, -0.1) is 0 Å². The molecule has 0 aromatic heterocycles. The van der Waals surface area contributed by atoms with E-state index in [-0.39, 0.29) is 0 Å². The van der Waals surface area contributed by atoms with Crippen molar-refractivity contribution in [3.05, 3.63) is 34.4 Å². The second-order valence-electron chi connectivity index (χ2n) is 2.87. The van der Waals surface area contributed by atoms with Gasteiger partial charge in [-0.3, -0.25) is 10.1 Å². The average Bonchev–Trinajstić information content (AvgIpc) is 2.15. The molecule has 1 aromatic carbocycles. The van der Waals surface area contributed by atoms with E-state index in [0.717, 1.165) is 18.2 Å². The second kappa shape index (κ2) is 4.47. The number of hydrogen-bond acceptors (Lipinski definition) is 3. The first-order chi connectivity index (χ1) is 7.63. The van der Waals surface area contributed by atoms with E-state index in [1.807, 2.05) is 0 Å². The van der Waals surface area contributed by atoms with E-state index in [1.54, 1.807) is 0 Å². The number of alkyl halides is 5. The van der Waals surface area contributed by atoms with Crippen LogP contribution in [-0.4, -0.2) is 16.4 Å². The van der Waals surface area contributed by atoms with E-state index in [1.165, 1.54) is 0 Å². The summed E-state index contributed by atoms with van der Waals surface area (Å²) in [6.07, 6.45) is -5.71. The molecule has 1 rings (SSSR count). The zero-order valence-corrected chi connectivity index (χ0v) is 8.69. The summed E-state index contributed by atoms with van der Waals surface area (Å²) < 4.78 is 60.9. The molecular weight excluding hydrogens is 269 g/mol. The van der Waals surface area contributed by atoms with Gasteiger partial charge in [0.15, 0.2) is 0 Å². The quantitative estimate of drug-likeness (QED) is 0.363. The zero-order valence-electron chi connectivity index (χ0n) is 7.87. The Morgan fingerprint density at radius 1 is 1.18 bits per heavy atom. The van der Waals surface area contributed by atoms with Gasteiger partial charge in [0.25, 0.3) is 5.69 Å². The molecule has 0 aliphatic rings. The maximum Gasteiger partial charge on any atom is 0.464 e. The molecule has 0 aliphatic heterocycles. The molecule has 0 bridgehead atoms. The summed E-state index contributed by atoms with van der Waals surface area (Å²) in [6, 6.07) is 3.63. The molecule has 0 N–H and O–H groups in total. The third-order valence-corrected chi connectivity index (χ3v) is 2.58. The first kappa shape index (κ1) is 13.7. The van der Waals surface area contributed by atoms with E-state index in [2.05, 4.69) is 0 Å². The van der Waals surface area contributed by atoms with Crippen molar-refractivity contribution < 1.29 is 26.9 Å². The average molecular weight is 273 g/mol. The lowest BCUT2D eigenvalue weighted by Gasteiger charge is -2.18. The van der Waals surface area contributed by atoms with Crippen LogP contribution < -0.4 is 0 Å². The van der Waals surface area contributed by atoms with Gasteiger partial charge in [0.2, 0.25) is 0 Å². The van der Waals surface area contributed by atoms with Crippen LogP contribution >= 0.6 is 11.8 Å². The van der Waals surface area contributed by atoms with Crippen LogP contribution in [0, 0.1) is 10.1 Å². The van der Waals surface area contributed by atoms with Gasteiger partial charge in [0, 0.05) is 17.0 Å². The van der Waals surface area contributed by atoms with Gasteiger partial charge in [0.05, 0.1) is 4.92 Å². The lowest BCUT2D eigenvalue weighted by atomic mass is 10.3. The van der Waals surface area contributed by atoms with Gasteiger partial charge in [-0.05, 0) is 17.8 Å². The monoisotopic (exact) mass is 273 g/mol. The van der Waals surface area contributed by atoms with Crippen LogP contribution in [0.4, 0.5) is 27.6 Å². The zero-order chi connectivity index (χ0) is 13.3. The van der Waals surface area contributed by atoms with Crippen LogP contribution in [0.25, 0.3) is 0 Å². The summed E-state index contributed by atoms with van der Waals surface area (Å²) in [5.41, 5.74) is -0.548. The van der Waals surface area contributed by atoms with Crippen LogP contribution in [0.5, 0.6) is 0 Å². The minimum atomic E-state index is -5.71. The number of nitro benzene ring substituents is 1. The topological polar surface area (TPSA) is 43.1 Å². The molecule has 0 atom stereocenters. The molecule has 0 unspecified atom stereocenters. The molecule has 94 valence electrons.